The van der Waals surface area contributed by atoms with Crippen molar-refractivity contribution in [1.29, 1.82) is 0 Å². The summed E-state index contributed by atoms with van der Waals surface area (Å²) in [5, 5.41) is 9.16. The van der Waals surface area contributed by atoms with Crippen LogP contribution >= 0.6 is 0 Å². The summed E-state index contributed by atoms with van der Waals surface area (Å²) in [7, 11) is 1.62. The normalized spacial score (nSPS) is 12.5. The quantitative estimate of drug-likeness (QED) is 0.790. The van der Waals surface area contributed by atoms with Gasteiger partial charge < -0.3 is 20.5 Å². The van der Waals surface area contributed by atoms with Gasteiger partial charge in [0.25, 0.3) is 0 Å². The molecule has 0 saturated carbocycles. The van der Waals surface area contributed by atoms with Gasteiger partial charge in [-0.15, -0.1) is 0 Å². The number of aryl methyl sites for hydroxylation is 1. The molecule has 1 atom stereocenters. The van der Waals surface area contributed by atoms with Gasteiger partial charge in [-0.2, -0.15) is 0 Å². The fourth-order valence-electron chi connectivity index (χ4n) is 2.00. The number of nitrogens with two attached hydrogens (primary N) is 1. The van der Waals surface area contributed by atoms with E-state index >= 15 is 0 Å². The fraction of sp³-hybridized carbons (Fsp3) is 0.571. The monoisotopic (exact) mass is 270 g/mol. The third-order valence-corrected chi connectivity index (χ3v) is 3.07. The van der Waals surface area contributed by atoms with Crippen LogP contribution in [0.4, 0.5) is 10.1 Å². The maximum atomic E-state index is 13.7. The number of nitrogens with zero attached hydrogens (tertiary/aromatic N) is 1. The Balaban J connectivity index is 3.15. The zero-order chi connectivity index (χ0) is 14.4. The molecule has 4 nitrogen and oxygen atoms in total. The van der Waals surface area contributed by atoms with Gasteiger partial charge in [0, 0.05) is 31.9 Å². The van der Waals surface area contributed by atoms with Crippen molar-refractivity contribution in [1.82, 2.24) is 0 Å². The number of benzene rings is 1. The summed E-state index contributed by atoms with van der Waals surface area (Å²) < 4.78 is 18.7. The van der Waals surface area contributed by atoms with E-state index in [4.69, 9.17) is 15.6 Å². The Morgan fingerprint density at radius 1 is 1.42 bits per heavy atom. The average Bonchev–Trinajstić information content (AvgIpc) is 2.37. The number of hydrogen-bond acceptors (Lipinski definition) is 4. The number of halogens is 1. The highest BCUT2D eigenvalue weighted by Crippen LogP contribution is 2.28. The molecule has 0 aromatic heterocycles. The van der Waals surface area contributed by atoms with Gasteiger partial charge in [-0.3, -0.25) is 0 Å². The summed E-state index contributed by atoms with van der Waals surface area (Å²) >= 11 is 0. The molecule has 1 aromatic rings. The summed E-state index contributed by atoms with van der Waals surface area (Å²) in [6, 6.07) is 2.99. The van der Waals surface area contributed by atoms with E-state index in [9.17, 15) is 4.39 Å². The van der Waals surface area contributed by atoms with Crippen molar-refractivity contribution in [3.63, 3.8) is 0 Å². The lowest BCUT2D eigenvalue weighted by atomic mass is 10.0. The predicted octanol–water partition coefficient (Wildman–Crippen LogP) is 1.60. The van der Waals surface area contributed by atoms with E-state index in [0.29, 0.717) is 25.3 Å². The molecule has 108 valence electrons. The van der Waals surface area contributed by atoms with Crippen LogP contribution in [0.3, 0.4) is 0 Å². The molecule has 0 heterocycles. The first-order valence-electron chi connectivity index (χ1n) is 6.41. The molecule has 19 heavy (non-hydrogen) atoms. The molecule has 3 N–H and O–H groups in total. The lowest BCUT2D eigenvalue weighted by molar-refractivity contribution is 0.203. The van der Waals surface area contributed by atoms with Crippen molar-refractivity contribution in [3.8, 4) is 0 Å². The van der Waals surface area contributed by atoms with Gasteiger partial charge in [-0.1, -0.05) is 0 Å². The second kappa shape index (κ2) is 7.43. The van der Waals surface area contributed by atoms with E-state index < -0.39 is 0 Å². The van der Waals surface area contributed by atoms with Gasteiger partial charge in [-0.25, -0.2) is 4.39 Å². The van der Waals surface area contributed by atoms with Crippen LogP contribution in [0.5, 0.6) is 0 Å². The van der Waals surface area contributed by atoms with Crippen molar-refractivity contribution >= 4 is 5.69 Å². The maximum absolute atomic E-state index is 13.7. The van der Waals surface area contributed by atoms with Crippen LogP contribution in [-0.2, 0) is 4.74 Å². The van der Waals surface area contributed by atoms with Crippen molar-refractivity contribution in [2.45, 2.75) is 19.9 Å². The molecule has 0 spiro atoms. The van der Waals surface area contributed by atoms with Gasteiger partial charge in [0.05, 0.1) is 13.2 Å². The Labute approximate surface area is 114 Å². The number of rotatable bonds is 7. The van der Waals surface area contributed by atoms with Crippen LogP contribution in [0.15, 0.2) is 12.1 Å². The highest BCUT2D eigenvalue weighted by Gasteiger charge is 2.16. The van der Waals surface area contributed by atoms with E-state index in [0.717, 1.165) is 11.3 Å². The number of methoxy groups -OCH3 is 1. The molecule has 0 unspecified atom stereocenters. The van der Waals surface area contributed by atoms with E-state index in [-0.39, 0.29) is 18.5 Å². The molecule has 0 aliphatic carbocycles. The van der Waals surface area contributed by atoms with Crippen LogP contribution < -0.4 is 10.6 Å². The van der Waals surface area contributed by atoms with E-state index in [2.05, 4.69) is 0 Å². The minimum Gasteiger partial charge on any atom is -0.395 e. The van der Waals surface area contributed by atoms with Crippen LogP contribution in [0.2, 0.25) is 0 Å². The minimum atomic E-state index is -0.270. The predicted molar refractivity (Wildman–Crippen MR) is 74.9 cm³/mol. The molecular weight excluding hydrogens is 247 g/mol. The lowest BCUT2D eigenvalue weighted by Crippen LogP contribution is -2.32. The molecule has 0 amide bonds. The Bertz CT molecular complexity index is 411. The Kier molecular flexibility index (Phi) is 6.21. The topological polar surface area (TPSA) is 58.7 Å². The summed E-state index contributed by atoms with van der Waals surface area (Å²) in [4.78, 5) is 1.97. The molecule has 1 aromatic carbocycles. The summed E-state index contributed by atoms with van der Waals surface area (Å²) in [5.74, 6) is -0.258. The molecule has 0 saturated heterocycles. The van der Waals surface area contributed by atoms with Gasteiger partial charge in [-0.05, 0) is 37.1 Å². The molecule has 5 heteroatoms. The van der Waals surface area contributed by atoms with Crippen LogP contribution in [0.1, 0.15) is 24.1 Å². The SMILES string of the molecule is COCCN(CCO)c1cc(C)c(F)cc1[C@H](C)N. The summed E-state index contributed by atoms with van der Waals surface area (Å²) in [6.45, 7) is 5.20. The summed E-state index contributed by atoms with van der Waals surface area (Å²) in [6.07, 6.45) is 0. The van der Waals surface area contributed by atoms with E-state index in [1.807, 2.05) is 11.8 Å². The Morgan fingerprint density at radius 2 is 2.11 bits per heavy atom. The first-order chi connectivity index (χ1) is 9.01. The van der Waals surface area contributed by atoms with Crippen molar-refractivity contribution in [2.24, 2.45) is 5.73 Å². The number of ether oxygens (including phenoxy) is 1. The highest BCUT2D eigenvalue weighted by molar-refractivity contribution is 5.57. The second-order valence-electron chi connectivity index (χ2n) is 4.65. The molecule has 0 bridgehead atoms. The second-order valence-corrected chi connectivity index (χ2v) is 4.65. The maximum Gasteiger partial charge on any atom is 0.126 e. The van der Waals surface area contributed by atoms with Gasteiger partial charge >= 0.3 is 0 Å². The molecule has 1 rings (SSSR count). The Hall–Kier alpha value is -1.17. The average molecular weight is 270 g/mol. The smallest absolute Gasteiger partial charge is 0.126 e. The Morgan fingerprint density at radius 3 is 2.63 bits per heavy atom. The van der Waals surface area contributed by atoms with E-state index in [1.165, 1.54) is 6.07 Å². The molecule has 0 fully saturated rings. The highest BCUT2D eigenvalue weighted by atomic mass is 19.1. The van der Waals surface area contributed by atoms with Crippen LogP contribution in [-0.4, -0.2) is 38.5 Å². The number of hydrogen-bond donors (Lipinski definition) is 2. The van der Waals surface area contributed by atoms with Gasteiger partial charge in [0.2, 0.25) is 0 Å². The first-order valence-corrected chi connectivity index (χ1v) is 6.41. The number of aliphatic hydroxyl groups is 1. The lowest BCUT2D eigenvalue weighted by Gasteiger charge is -2.28. The van der Waals surface area contributed by atoms with Crippen LogP contribution in [0.25, 0.3) is 0 Å². The molecular formula is C14H23FN2O2. The largest absolute Gasteiger partial charge is 0.395 e. The van der Waals surface area contributed by atoms with Crippen molar-refractivity contribution in [2.75, 3.05) is 38.3 Å². The third kappa shape index (κ3) is 4.16. The van der Waals surface area contributed by atoms with Crippen LogP contribution in [0, 0.1) is 12.7 Å². The molecule has 0 radical (unpaired) electrons. The standard InChI is InChI=1S/C14H23FN2O2/c1-10-8-14(12(11(2)16)9-13(10)15)17(4-6-18)5-7-19-3/h8-9,11,18H,4-7,16H2,1-3H3/t11-/m0/s1. The van der Waals surface area contributed by atoms with E-state index in [1.54, 1.807) is 20.1 Å². The van der Waals surface area contributed by atoms with Gasteiger partial charge in [0.1, 0.15) is 5.82 Å². The molecule has 0 aliphatic heterocycles. The minimum absolute atomic E-state index is 0.0263. The first kappa shape index (κ1) is 15.9. The fourth-order valence-corrected chi connectivity index (χ4v) is 2.00. The number of aliphatic hydroxyl groups excluding tert-OH is 1. The zero-order valence-corrected chi connectivity index (χ0v) is 11.8. The molecule has 0 aliphatic rings. The zero-order valence-electron chi connectivity index (χ0n) is 11.8. The number of anilines is 1. The van der Waals surface area contributed by atoms with Crippen molar-refractivity contribution < 1.29 is 14.2 Å². The van der Waals surface area contributed by atoms with Gasteiger partial charge in [0.15, 0.2) is 0 Å². The van der Waals surface area contributed by atoms with Crippen molar-refractivity contribution in [3.05, 3.63) is 29.1 Å². The third-order valence-electron chi connectivity index (χ3n) is 3.07. The summed E-state index contributed by atoms with van der Waals surface area (Å²) in [5.41, 5.74) is 8.08.